The third-order valence-corrected chi connectivity index (χ3v) is 5.69. The molecule has 3 aromatic carbocycles. The van der Waals surface area contributed by atoms with E-state index in [0.29, 0.717) is 21.9 Å². The number of hydrogen-bond donors (Lipinski definition) is 2. The molecule has 6 heteroatoms. The van der Waals surface area contributed by atoms with Gasteiger partial charge in [-0.3, -0.25) is 9.59 Å². The summed E-state index contributed by atoms with van der Waals surface area (Å²) < 4.78 is 5.95. The quantitative estimate of drug-likeness (QED) is 0.576. The first-order chi connectivity index (χ1) is 14.4. The van der Waals surface area contributed by atoms with Crippen molar-refractivity contribution in [1.29, 1.82) is 0 Å². The smallest absolute Gasteiger partial charge is 0.305 e. The summed E-state index contributed by atoms with van der Waals surface area (Å²) in [6.07, 6.45) is -0.153. The minimum Gasteiger partial charge on any atom is -0.489 e. The van der Waals surface area contributed by atoms with E-state index >= 15 is 0 Å². The summed E-state index contributed by atoms with van der Waals surface area (Å²) in [6, 6.07) is 18.5. The number of carbonyl (C=O) groups excluding carboxylic acids is 1. The Morgan fingerprint density at radius 1 is 1.10 bits per heavy atom. The van der Waals surface area contributed by atoms with Gasteiger partial charge in [-0.15, -0.1) is 0 Å². The Bertz CT molecular complexity index is 1130. The van der Waals surface area contributed by atoms with Crippen LogP contribution in [0.1, 0.15) is 39.5 Å². The monoisotopic (exact) mass is 421 g/mol. The summed E-state index contributed by atoms with van der Waals surface area (Å²) in [5.74, 6) is -0.723. The van der Waals surface area contributed by atoms with Gasteiger partial charge in [-0.05, 0) is 47.4 Å². The molecule has 0 saturated heterocycles. The Balaban J connectivity index is 1.57. The number of fused-ring (bicyclic) bond motifs is 1. The van der Waals surface area contributed by atoms with E-state index in [-0.39, 0.29) is 18.9 Å². The molecule has 1 amide bonds. The molecule has 0 radical (unpaired) electrons. The fourth-order valence-electron chi connectivity index (χ4n) is 3.76. The molecule has 0 fully saturated rings. The Labute approximate surface area is 179 Å². The fourth-order valence-corrected chi connectivity index (χ4v) is 4.02. The Hall–Kier alpha value is -3.31. The first-order valence-electron chi connectivity index (χ1n) is 9.57. The van der Waals surface area contributed by atoms with Gasteiger partial charge in [0.05, 0.1) is 12.5 Å². The van der Waals surface area contributed by atoms with Crippen molar-refractivity contribution < 1.29 is 19.4 Å². The second-order valence-electron chi connectivity index (χ2n) is 7.23. The molecule has 0 aromatic heterocycles. The summed E-state index contributed by atoms with van der Waals surface area (Å²) in [7, 11) is 0. The second-order valence-corrected chi connectivity index (χ2v) is 7.63. The highest BCUT2D eigenvalue weighted by Gasteiger charge is 2.30. The van der Waals surface area contributed by atoms with Crippen LogP contribution in [0.3, 0.4) is 0 Å². The van der Waals surface area contributed by atoms with Crippen molar-refractivity contribution in [2.75, 3.05) is 0 Å². The van der Waals surface area contributed by atoms with Crippen molar-refractivity contribution in [3.8, 4) is 16.9 Å². The molecule has 3 aromatic rings. The van der Waals surface area contributed by atoms with E-state index in [9.17, 15) is 9.59 Å². The summed E-state index contributed by atoms with van der Waals surface area (Å²) in [5, 5.41) is 12.3. The number of carboxylic acid groups (broad SMARTS) is 1. The van der Waals surface area contributed by atoms with Crippen molar-refractivity contribution >= 4 is 23.5 Å². The van der Waals surface area contributed by atoms with Crippen LogP contribution in [-0.4, -0.2) is 17.0 Å². The van der Waals surface area contributed by atoms with Crippen LogP contribution in [0.5, 0.6) is 5.75 Å². The van der Waals surface area contributed by atoms with Gasteiger partial charge in [0.2, 0.25) is 0 Å². The summed E-state index contributed by atoms with van der Waals surface area (Å²) in [5.41, 5.74) is 5.23. The minimum absolute atomic E-state index is 0.153. The molecule has 0 saturated carbocycles. The zero-order valence-electron chi connectivity index (χ0n) is 16.3. The number of ether oxygens (including phenoxy) is 1. The maximum Gasteiger partial charge on any atom is 0.305 e. The molecule has 1 unspecified atom stereocenters. The molecule has 1 aliphatic heterocycles. The minimum atomic E-state index is -0.961. The maximum atomic E-state index is 12.2. The molecule has 1 heterocycles. The summed E-state index contributed by atoms with van der Waals surface area (Å²) in [4.78, 5) is 23.2. The van der Waals surface area contributed by atoms with E-state index < -0.39 is 12.0 Å². The zero-order valence-corrected chi connectivity index (χ0v) is 17.1. The van der Waals surface area contributed by atoms with Crippen molar-refractivity contribution in [3.63, 3.8) is 0 Å². The molecule has 0 bridgehead atoms. The molecular formula is C24H20ClNO4. The first-order valence-corrected chi connectivity index (χ1v) is 9.94. The number of amides is 1. The van der Waals surface area contributed by atoms with Gasteiger partial charge in [-0.2, -0.15) is 0 Å². The van der Waals surface area contributed by atoms with Gasteiger partial charge >= 0.3 is 5.97 Å². The standard InChI is InChI=1S/C24H20ClNO4/c1-14-17(15-5-3-2-4-6-15)9-10-21(25)20(14)13-30-16-7-8-18-19(11-16)24(29)26-22(18)12-23(27)28/h2-11,22H,12-13H2,1H3,(H,26,29)(H,27,28). The zero-order chi connectivity index (χ0) is 21.3. The average molecular weight is 422 g/mol. The van der Waals surface area contributed by atoms with Crippen molar-refractivity contribution in [1.82, 2.24) is 5.32 Å². The Kier molecular flexibility index (Phi) is 5.46. The number of hydrogen-bond acceptors (Lipinski definition) is 3. The molecule has 1 atom stereocenters. The normalized spacial score (nSPS) is 14.9. The van der Waals surface area contributed by atoms with Crippen molar-refractivity contribution in [3.05, 3.63) is 87.9 Å². The van der Waals surface area contributed by atoms with E-state index in [4.69, 9.17) is 21.4 Å². The topological polar surface area (TPSA) is 75.6 Å². The summed E-state index contributed by atoms with van der Waals surface area (Å²) in [6.45, 7) is 2.27. The lowest BCUT2D eigenvalue weighted by Gasteiger charge is -2.15. The third kappa shape index (κ3) is 3.89. The molecule has 0 aliphatic carbocycles. The number of halogens is 1. The van der Waals surface area contributed by atoms with Crippen LogP contribution in [0.25, 0.3) is 11.1 Å². The van der Waals surface area contributed by atoms with Crippen LogP contribution in [0.4, 0.5) is 0 Å². The maximum absolute atomic E-state index is 12.2. The van der Waals surface area contributed by atoms with Crippen molar-refractivity contribution in [2.24, 2.45) is 0 Å². The molecule has 1 aliphatic rings. The Morgan fingerprint density at radius 2 is 1.87 bits per heavy atom. The number of benzene rings is 3. The van der Waals surface area contributed by atoms with Gasteiger partial charge in [-0.1, -0.05) is 54.1 Å². The molecular weight excluding hydrogens is 402 g/mol. The molecule has 0 spiro atoms. The van der Waals surface area contributed by atoms with E-state index in [1.807, 2.05) is 49.4 Å². The third-order valence-electron chi connectivity index (χ3n) is 5.34. The van der Waals surface area contributed by atoms with E-state index in [1.54, 1.807) is 18.2 Å². The lowest BCUT2D eigenvalue weighted by Crippen LogP contribution is -2.21. The molecule has 152 valence electrons. The van der Waals surface area contributed by atoms with Gasteiger partial charge < -0.3 is 15.2 Å². The molecule has 30 heavy (non-hydrogen) atoms. The Morgan fingerprint density at radius 3 is 2.60 bits per heavy atom. The van der Waals surface area contributed by atoms with E-state index in [1.165, 1.54) is 0 Å². The van der Waals surface area contributed by atoms with E-state index in [0.717, 1.165) is 22.3 Å². The van der Waals surface area contributed by atoms with Crippen molar-refractivity contribution in [2.45, 2.75) is 26.0 Å². The largest absolute Gasteiger partial charge is 0.489 e. The van der Waals surface area contributed by atoms with Crippen LogP contribution < -0.4 is 10.1 Å². The number of carboxylic acids is 1. The SMILES string of the molecule is Cc1c(-c2ccccc2)ccc(Cl)c1COc1ccc2c(c1)C(=O)NC2CC(=O)O. The second kappa shape index (κ2) is 8.20. The van der Waals surface area contributed by atoms with Gasteiger partial charge in [0.15, 0.2) is 0 Å². The van der Waals surface area contributed by atoms with Gasteiger partial charge in [0, 0.05) is 16.1 Å². The van der Waals surface area contributed by atoms with Crippen LogP contribution >= 0.6 is 11.6 Å². The number of aliphatic carboxylic acids is 1. The average Bonchev–Trinajstić information content (AvgIpc) is 3.03. The highest BCUT2D eigenvalue weighted by Crippen LogP contribution is 2.33. The number of nitrogens with one attached hydrogen (secondary N) is 1. The predicted molar refractivity (Wildman–Crippen MR) is 115 cm³/mol. The molecule has 4 rings (SSSR count). The van der Waals surface area contributed by atoms with Gasteiger partial charge in [0.25, 0.3) is 5.91 Å². The van der Waals surface area contributed by atoms with Gasteiger partial charge in [0.1, 0.15) is 12.4 Å². The summed E-state index contributed by atoms with van der Waals surface area (Å²) >= 11 is 6.44. The predicted octanol–water partition coefficient (Wildman–Crippen LogP) is 5.15. The lowest BCUT2D eigenvalue weighted by atomic mass is 9.96. The van der Waals surface area contributed by atoms with Crippen LogP contribution in [0, 0.1) is 6.92 Å². The highest BCUT2D eigenvalue weighted by molar-refractivity contribution is 6.31. The van der Waals surface area contributed by atoms with Gasteiger partial charge in [-0.25, -0.2) is 0 Å². The van der Waals surface area contributed by atoms with Crippen LogP contribution in [-0.2, 0) is 11.4 Å². The highest BCUT2D eigenvalue weighted by atomic mass is 35.5. The first kappa shape index (κ1) is 20.0. The molecule has 2 N–H and O–H groups in total. The van der Waals surface area contributed by atoms with E-state index in [2.05, 4.69) is 5.32 Å². The number of rotatable bonds is 6. The fraction of sp³-hybridized carbons (Fsp3) is 0.167. The molecule has 5 nitrogen and oxygen atoms in total. The lowest BCUT2D eigenvalue weighted by molar-refractivity contribution is -0.137. The number of carbonyl (C=O) groups is 2. The van der Waals surface area contributed by atoms with Crippen LogP contribution in [0.2, 0.25) is 5.02 Å². The van der Waals surface area contributed by atoms with Crippen LogP contribution in [0.15, 0.2) is 60.7 Å².